The summed E-state index contributed by atoms with van der Waals surface area (Å²) in [5.74, 6) is 0.972. The van der Waals surface area contributed by atoms with Gasteiger partial charge in [-0.2, -0.15) is 0 Å². The number of nitrogens with zero attached hydrogens (tertiary/aromatic N) is 3. The van der Waals surface area contributed by atoms with Crippen LogP contribution in [-0.2, 0) is 23.0 Å². The first-order valence-corrected chi connectivity index (χ1v) is 10.5. The number of hydrogen-bond acceptors (Lipinski definition) is 3. The maximum absolute atomic E-state index is 4.94. The lowest BCUT2D eigenvalue weighted by Crippen LogP contribution is -1.89. The highest BCUT2D eigenvalue weighted by Crippen LogP contribution is 2.05. The summed E-state index contributed by atoms with van der Waals surface area (Å²) < 4.78 is 6.92. The van der Waals surface area contributed by atoms with Crippen LogP contribution in [0.3, 0.4) is 0 Å². The third-order valence-corrected chi connectivity index (χ3v) is 4.63. The van der Waals surface area contributed by atoms with Crippen molar-refractivity contribution >= 4 is 47.8 Å². The fourth-order valence-electron chi connectivity index (χ4n) is 1.59. The SMILES string of the molecule is BrCc1ccco1.Cc1cncc(CBr)c1.Cn1cncc1CBr. The van der Waals surface area contributed by atoms with Crippen molar-refractivity contribution in [1.29, 1.82) is 0 Å². The number of rotatable bonds is 3. The smallest absolute Gasteiger partial charge is 0.114 e. The molecule has 3 rings (SSSR count). The molecule has 0 aliphatic heterocycles. The monoisotopic (exact) mass is 519 g/mol. The van der Waals surface area contributed by atoms with Gasteiger partial charge >= 0.3 is 0 Å². The highest BCUT2D eigenvalue weighted by molar-refractivity contribution is 9.09. The van der Waals surface area contributed by atoms with Gasteiger partial charge in [0.15, 0.2) is 0 Å². The zero-order chi connectivity index (χ0) is 17.8. The second-order valence-electron chi connectivity index (χ2n) is 4.85. The van der Waals surface area contributed by atoms with Gasteiger partial charge in [-0.1, -0.05) is 53.9 Å². The number of alkyl halides is 3. The second-order valence-corrected chi connectivity index (χ2v) is 6.53. The molecule has 0 saturated heterocycles. The summed E-state index contributed by atoms with van der Waals surface area (Å²) in [4.78, 5) is 7.95. The van der Waals surface area contributed by atoms with Gasteiger partial charge in [0.1, 0.15) is 5.76 Å². The largest absolute Gasteiger partial charge is 0.468 e. The first-order chi connectivity index (χ1) is 11.6. The van der Waals surface area contributed by atoms with Crippen molar-refractivity contribution in [2.75, 3.05) is 0 Å². The Morgan fingerprint density at radius 2 is 1.83 bits per heavy atom. The number of pyridine rings is 1. The third-order valence-electron chi connectivity index (χ3n) is 2.85. The van der Waals surface area contributed by atoms with Gasteiger partial charge in [-0.05, 0) is 30.2 Å². The minimum absolute atomic E-state index is 0.806. The molecule has 0 spiro atoms. The molecule has 0 amide bonds. The Labute approximate surface area is 168 Å². The first-order valence-electron chi connectivity index (χ1n) is 7.16. The molecule has 0 saturated carbocycles. The van der Waals surface area contributed by atoms with Crippen LogP contribution in [0.15, 0.2) is 53.8 Å². The number of imidazole rings is 1. The van der Waals surface area contributed by atoms with Crippen LogP contribution in [0.1, 0.15) is 22.6 Å². The minimum Gasteiger partial charge on any atom is -0.468 e. The van der Waals surface area contributed by atoms with E-state index in [1.165, 1.54) is 16.8 Å². The molecule has 0 aromatic carbocycles. The summed E-state index contributed by atoms with van der Waals surface area (Å²) in [5.41, 5.74) is 3.65. The van der Waals surface area contributed by atoms with E-state index >= 15 is 0 Å². The van der Waals surface area contributed by atoms with Gasteiger partial charge in [0, 0.05) is 42.0 Å². The normalized spacial score (nSPS) is 9.54. The van der Waals surface area contributed by atoms with E-state index in [0.717, 1.165) is 21.8 Å². The first kappa shape index (κ1) is 21.1. The van der Waals surface area contributed by atoms with Gasteiger partial charge in [-0.3, -0.25) is 4.98 Å². The fourth-order valence-corrected chi connectivity index (χ4v) is 2.76. The van der Waals surface area contributed by atoms with Gasteiger partial charge in [0.25, 0.3) is 0 Å². The summed E-state index contributed by atoms with van der Waals surface area (Å²) in [5, 5.41) is 2.57. The topological polar surface area (TPSA) is 43.9 Å². The van der Waals surface area contributed by atoms with Gasteiger partial charge < -0.3 is 8.98 Å². The highest BCUT2D eigenvalue weighted by atomic mass is 79.9. The molecule has 24 heavy (non-hydrogen) atoms. The van der Waals surface area contributed by atoms with Crippen LogP contribution in [-0.4, -0.2) is 14.5 Å². The summed E-state index contributed by atoms with van der Waals surface area (Å²) in [6, 6.07) is 5.91. The molecule has 130 valence electrons. The summed E-state index contributed by atoms with van der Waals surface area (Å²) >= 11 is 9.92. The van der Waals surface area contributed by atoms with Crippen LogP contribution < -0.4 is 0 Å². The Morgan fingerprint density at radius 3 is 2.17 bits per heavy atom. The zero-order valence-electron chi connectivity index (χ0n) is 13.6. The Hall–Kier alpha value is -0.920. The summed E-state index contributed by atoms with van der Waals surface area (Å²) in [7, 11) is 1.98. The highest BCUT2D eigenvalue weighted by Gasteiger charge is 1.91. The molecule has 3 aromatic rings. The van der Waals surface area contributed by atoms with Crippen LogP contribution >= 0.6 is 47.8 Å². The maximum Gasteiger partial charge on any atom is 0.114 e. The van der Waals surface area contributed by atoms with Gasteiger partial charge in [-0.15, -0.1) is 0 Å². The lowest BCUT2D eigenvalue weighted by molar-refractivity contribution is 0.531. The molecule has 0 aliphatic carbocycles. The van der Waals surface area contributed by atoms with Crippen molar-refractivity contribution in [2.45, 2.75) is 22.9 Å². The van der Waals surface area contributed by atoms with Gasteiger partial charge in [-0.25, -0.2) is 4.98 Å². The average molecular weight is 522 g/mol. The van der Waals surface area contributed by atoms with Crippen molar-refractivity contribution in [3.63, 3.8) is 0 Å². The molecular weight excluding hydrogens is 502 g/mol. The Balaban J connectivity index is 0.000000181. The minimum atomic E-state index is 0.806. The van der Waals surface area contributed by atoms with Crippen molar-refractivity contribution < 1.29 is 4.42 Å². The third kappa shape index (κ3) is 8.26. The van der Waals surface area contributed by atoms with Gasteiger partial charge in [0.2, 0.25) is 0 Å². The molecule has 4 nitrogen and oxygen atoms in total. The summed E-state index contributed by atoms with van der Waals surface area (Å²) in [6.45, 7) is 2.04. The molecule has 0 fully saturated rings. The maximum atomic E-state index is 4.94. The molecule has 3 aromatic heterocycles. The van der Waals surface area contributed by atoms with E-state index in [4.69, 9.17) is 4.42 Å². The Bertz CT molecular complexity index is 684. The van der Waals surface area contributed by atoms with E-state index < -0.39 is 0 Å². The van der Waals surface area contributed by atoms with Crippen molar-refractivity contribution in [2.24, 2.45) is 7.05 Å². The molecule has 0 bridgehead atoms. The lowest BCUT2D eigenvalue weighted by Gasteiger charge is -1.93. The van der Waals surface area contributed by atoms with E-state index in [1.807, 2.05) is 49.3 Å². The molecule has 0 N–H and O–H groups in total. The van der Waals surface area contributed by atoms with Crippen LogP contribution in [0.25, 0.3) is 0 Å². The number of aryl methyl sites for hydroxylation is 2. The van der Waals surface area contributed by atoms with E-state index in [0.29, 0.717) is 0 Å². The van der Waals surface area contributed by atoms with Crippen LogP contribution in [0.2, 0.25) is 0 Å². The fraction of sp³-hybridized carbons (Fsp3) is 0.294. The quantitative estimate of drug-likeness (QED) is 0.411. The number of halogens is 3. The molecule has 0 radical (unpaired) electrons. The predicted molar refractivity (Wildman–Crippen MR) is 109 cm³/mol. The number of aromatic nitrogens is 3. The molecule has 0 unspecified atom stereocenters. The Morgan fingerprint density at radius 1 is 1.04 bits per heavy atom. The molecule has 0 aliphatic rings. The standard InChI is InChI=1S/C7H8BrN.C5H7BrN2.C5H5BrO/c1-6-2-7(3-8)5-9-4-6;1-8-4-7-3-5(8)2-6;6-4-5-2-1-3-7-5/h2,4-5H,3H2,1H3;3-4H,2H2,1H3;1-3H,4H2. The molecular formula is C17H20Br3N3O. The average Bonchev–Trinajstić information content (AvgIpc) is 3.27. The molecule has 3 heterocycles. The van der Waals surface area contributed by atoms with Crippen molar-refractivity contribution in [1.82, 2.24) is 14.5 Å². The van der Waals surface area contributed by atoms with Crippen LogP contribution in [0.5, 0.6) is 0 Å². The second kappa shape index (κ2) is 12.4. The lowest BCUT2D eigenvalue weighted by atomic mass is 10.2. The number of hydrogen-bond donors (Lipinski definition) is 0. The Kier molecular flexibility index (Phi) is 11.0. The van der Waals surface area contributed by atoms with Gasteiger partial charge in [0.05, 0.1) is 17.9 Å². The van der Waals surface area contributed by atoms with Crippen molar-refractivity contribution in [3.05, 3.63) is 72.0 Å². The molecule has 7 heteroatoms. The van der Waals surface area contributed by atoms with E-state index in [9.17, 15) is 0 Å². The number of furan rings is 1. The summed E-state index contributed by atoms with van der Waals surface area (Å²) in [6.07, 6.45) is 9.01. The van der Waals surface area contributed by atoms with E-state index in [2.05, 4.69) is 63.8 Å². The van der Waals surface area contributed by atoms with E-state index in [-0.39, 0.29) is 0 Å². The zero-order valence-corrected chi connectivity index (χ0v) is 18.4. The van der Waals surface area contributed by atoms with Crippen LogP contribution in [0.4, 0.5) is 0 Å². The van der Waals surface area contributed by atoms with Crippen LogP contribution in [0, 0.1) is 6.92 Å². The van der Waals surface area contributed by atoms with Crippen molar-refractivity contribution in [3.8, 4) is 0 Å². The predicted octanol–water partition coefficient (Wildman–Crippen LogP) is 5.77. The van der Waals surface area contributed by atoms with E-state index in [1.54, 1.807) is 12.6 Å². The molecule has 0 atom stereocenters.